The predicted molar refractivity (Wildman–Crippen MR) is 71.5 cm³/mol. The molecule has 0 unspecified atom stereocenters. The molecule has 0 radical (unpaired) electrons. The summed E-state index contributed by atoms with van der Waals surface area (Å²) in [6.45, 7) is 0.145. The third-order valence-electron chi connectivity index (χ3n) is 2.66. The third-order valence-corrected chi connectivity index (χ3v) is 7.03. The van der Waals surface area contributed by atoms with E-state index in [2.05, 4.69) is 20.7 Å². The van der Waals surface area contributed by atoms with Crippen LogP contribution >= 0.6 is 38.9 Å². The first kappa shape index (κ1) is 14.3. The van der Waals surface area contributed by atoms with E-state index in [1.807, 2.05) is 0 Å². The van der Waals surface area contributed by atoms with Crippen molar-refractivity contribution in [2.45, 2.75) is 10.6 Å². The lowest BCUT2D eigenvalue weighted by atomic mass is 10.3. The van der Waals surface area contributed by atoms with Gasteiger partial charge in [0.2, 0.25) is 10.0 Å². The summed E-state index contributed by atoms with van der Waals surface area (Å²) in [5.74, 6) is -1.41. The Morgan fingerprint density at radius 3 is 2.78 bits per heavy atom. The van der Waals surface area contributed by atoms with Crippen molar-refractivity contribution in [1.82, 2.24) is 4.72 Å². The number of halogens is 2. The number of hydrogen-bond donors (Lipinski definition) is 2. The molecule has 1 aromatic heterocycles. The molecule has 9 heteroatoms. The van der Waals surface area contributed by atoms with Crippen molar-refractivity contribution in [2.24, 2.45) is 11.8 Å². The summed E-state index contributed by atoms with van der Waals surface area (Å²) in [6, 6.07) is 1.43. The van der Waals surface area contributed by atoms with E-state index in [1.165, 1.54) is 6.07 Å². The molecule has 18 heavy (non-hydrogen) atoms. The smallest absolute Gasteiger partial charge is 0.306 e. The zero-order chi connectivity index (χ0) is 13.5. The van der Waals surface area contributed by atoms with Crippen molar-refractivity contribution in [3.63, 3.8) is 0 Å². The van der Waals surface area contributed by atoms with Crippen LogP contribution in [0.5, 0.6) is 0 Å². The topological polar surface area (TPSA) is 83.5 Å². The second-order valence-electron chi connectivity index (χ2n) is 3.98. The van der Waals surface area contributed by atoms with Gasteiger partial charge in [-0.05, 0) is 34.3 Å². The summed E-state index contributed by atoms with van der Waals surface area (Å²) in [4.78, 5) is 10.6. The maximum absolute atomic E-state index is 11.9. The highest BCUT2D eigenvalue weighted by molar-refractivity contribution is 9.10. The van der Waals surface area contributed by atoms with Crippen LogP contribution in [0.3, 0.4) is 0 Å². The highest BCUT2D eigenvalue weighted by atomic mass is 79.9. The van der Waals surface area contributed by atoms with Gasteiger partial charge in [-0.15, -0.1) is 11.3 Å². The Balaban J connectivity index is 1.98. The molecular weight excluding hydrogens is 366 g/mol. The lowest BCUT2D eigenvalue weighted by Crippen LogP contribution is -2.26. The van der Waals surface area contributed by atoms with Gasteiger partial charge in [-0.2, -0.15) is 0 Å². The molecule has 0 amide bonds. The minimum Gasteiger partial charge on any atom is -0.481 e. The minimum atomic E-state index is -3.60. The molecular formula is C9H9BrClNO4S2. The maximum Gasteiger partial charge on any atom is 0.306 e. The van der Waals surface area contributed by atoms with E-state index in [1.54, 1.807) is 0 Å². The van der Waals surface area contributed by atoms with Crippen LogP contribution in [-0.4, -0.2) is 26.0 Å². The molecule has 100 valence electrons. The van der Waals surface area contributed by atoms with E-state index < -0.39 is 21.9 Å². The number of nitrogens with one attached hydrogen (secondary N) is 1. The van der Waals surface area contributed by atoms with Gasteiger partial charge < -0.3 is 5.11 Å². The fourth-order valence-electron chi connectivity index (χ4n) is 1.52. The molecule has 0 spiro atoms. The molecule has 1 saturated carbocycles. The Morgan fingerprint density at radius 1 is 1.67 bits per heavy atom. The SMILES string of the molecule is O=C(O)[C@@H]1C[C@H]1CNS(=O)(=O)c1cc(Br)c(Cl)s1. The summed E-state index contributed by atoms with van der Waals surface area (Å²) >= 11 is 9.87. The average molecular weight is 375 g/mol. The van der Waals surface area contributed by atoms with Crippen LogP contribution in [0.25, 0.3) is 0 Å². The van der Waals surface area contributed by atoms with Gasteiger partial charge in [-0.25, -0.2) is 13.1 Å². The van der Waals surface area contributed by atoms with Crippen LogP contribution in [0, 0.1) is 11.8 Å². The van der Waals surface area contributed by atoms with Crippen LogP contribution in [-0.2, 0) is 14.8 Å². The molecule has 0 aliphatic heterocycles. The predicted octanol–water partition coefficient (Wildman–Crippen LogP) is 2.16. The number of aliphatic carboxylic acids is 1. The van der Waals surface area contributed by atoms with E-state index in [9.17, 15) is 13.2 Å². The van der Waals surface area contributed by atoms with Crippen molar-refractivity contribution >= 4 is 54.9 Å². The Bertz CT molecular complexity index is 566. The molecule has 2 atom stereocenters. The largest absolute Gasteiger partial charge is 0.481 e. The number of thiophene rings is 1. The van der Waals surface area contributed by atoms with Crippen LogP contribution in [0.15, 0.2) is 14.7 Å². The Labute approximate surface area is 121 Å². The van der Waals surface area contributed by atoms with E-state index >= 15 is 0 Å². The second kappa shape index (κ2) is 5.09. The Kier molecular flexibility index (Phi) is 4.03. The van der Waals surface area contributed by atoms with Crippen molar-refractivity contribution in [3.8, 4) is 0 Å². The van der Waals surface area contributed by atoms with Crippen molar-refractivity contribution < 1.29 is 18.3 Å². The first-order valence-electron chi connectivity index (χ1n) is 4.98. The molecule has 5 nitrogen and oxygen atoms in total. The van der Waals surface area contributed by atoms with Crippen molar-refractivity contribution in [1.29, 1.82) is 0 Å². The third kappa shape index (κ3) is 3.05. The zero-order valence-corrected chi connectivity index (χ0v) is 12.9. The molecule has 1 aliphatic rings. The minimum absolute atomic E-state index is 0.115. The van der Waals surface area contributed by atoms with Gasteiger partial charge in [0.05, 0.1) is 5.92 Å². The van der Waals surface area contributed by atoms with Gasteiger partial charge >= 0.3 is 5.97 Å². The molecule has 0 bridgehead atoms. The number of carbonyl (C=O) groups is 1. The van der Waals surface area contributed by atoms with Crippen molar-refractivity contribution in [3.05, 3.63) is 14.9 Å². The monoisotopic (exact) mass is 373 g/mol. The van der Waals surface area contributed by atoms with Gasteiger partial charge in [-0.1, -0.05) is 11.6 Å². The molecule has 0 saturated heterocycles. The zero-order valence-electron chi connectivity index (χ0n) is 8.89. The van der Waals surface area contributed by atoms with Gasteiger partial charge in [0.1, 0.15) is 8.55 Å². The molecule has 2 N–H and O–H groups in total. The highest BCUT2D eigenvalue weighted by Gasteiger charge is 2.43. The Hall–Kier alpha value is -0.150. The fraction of sp³-hybridized carbons (Fsp3) is 0.444. The molecule has 1 heterocycles. The number of rotatable bonds is 5. The van der Waals surface area contributed by atoms with Crippen LogP contribution in [0.1, 0.15) is 6.42 Å². The first-order valence-corrected chi connectivity index (χ1v) is 8.45. The highest BCUT2D eigenvalue weighted by Crippen LogP contribution is 2.39. The van der Waals surface area contributed by atoms with E-state index in [4.69, 9.17) is 16.7 Å². The summed E-state index contributed by atoms with van der Waals surface area (Å²) in [5.41, 5.74) is 0. The summed E-state index contributed by atoms with van der Waals surface area (Å²) in [7, 11) is -3.60. The number of carboxylic acid groups (broad SMARTS) is 1. The van der Waals surface area contributed by atoms with Crippen molar-refractivity contribution in [2.75, 3.05) is 6.54 Å². The van der Waals surface area contributed by atoms with Gasteiger partial charge in [-0.3, -0.25) is 4.79 Å². The summed E-state index contributed by atoms with van der Waals surface area (Å²) in [5, 5.41) is 8.71. The van der Waals surface area contributed by atoms with E-state index in [0.717, 1.165) is 11.3 Å². The van der Waals surface area contributed by atoms with Crippen LogP contribution in [0.4, 0.5) is 0 Å². The van der Waals surface area contributed by atoms with E-state index in [-0.39, 0.29) is 16.7 Å². The molecule has 1 fully saturated rings. The number of carboxylic acids is 1. The fourth-order valence-corrected chi connectivity index (χ4v) is 4.96. The standard InChI is InChI=1S/C9H9BrClNO4S2/c10-6-2-7(17-8(6)11)18(15,16)12-3-4-1-5(4)9(13)14/h2,4-5,12H,1,3H2,(H,13,14)/t4-,5+/m0/s1. The van der Waals surface area contributed by atoms with Gasteiger partial charge in [0.25, 0.3) is 0 Å². The molecule has 0 aromatic carbocycles. The lowest BCUT2D eigenvalue weighted by Gasteiger charge is -2.03. The second-order valence-corrected chi connectivity index (χ2v) is 8.48. The van der Waals surface area contributed by atoms with Crippen LogP contribution < -0.4 is 4.72 Å². The lowest BCUT2D eigenvalue weighted by molar-refractivity contribution is -0.138. The number of sulfonamides is 1. The normalized spacial score (nSPS) is 23.0. The van der Waals surface area contributed by atoms with Gasteiger partial charge in [0, 0.05) is 11.0 Å². The summed E-state index contributed by atoms with van der Waals surface area (Å²) < 4.78 is 27.2. The maximum atomic E-state index is 11.9. The summed E-state index contributed by atoms with van der Waals surface area (Å²) in [6.07, 6.45) is 0.521. The molecule has 1 aliphatic carbocycles. The van der Waals surface area contributed by atoms with E-state index in [0.29, 0.717) is 15.2 Å². The Morgan fingerprint density at radius 2 is 2.33 bits per heavy atom. The average Bonchev–Trinajstić information content (AvgIpc) is 2.98. The first-order chi connectivity index (χ1) is 8.31. The van der Waals surface area contributed by atoms with Gasteiger partial charge in [0.15, 0.2) is 0 Å². The van der Waals surface area contributed by atoms with Crippen LogP contribution in [0.2, 0.25) is 4.34 Å². The molecule has 2 rings (SSSR count). The quantitative estimate of drug-likeness (QED) is 0.827. The molecule has 1 aromatic rings. The number of hydrogen-bond acceptors (Lipinski definition) is 4.